The van der Waals surface area contributed by atoms with Gasteiger partial charge in [-0.2, -0.15) is 0 Å². The van der Waals surface area contributed by atoms with Gasteiger partial charge in [-0.25, -0.2) is 4.98 Å². The summed E-state index contributed by atoms with van der Waals surface area (Å²) in [5, 5.41) is 0. The molecule has 0 radical (unpaired) electrons. The molecule has 0 aliphatic rings. The number of rotatable bonds is 5. The molecule has 0 aromatic carbocycles. The van der Waals surface area contributed by atoms with Gasteiger partial charge in [-0.05, 0) is 20.9 Å². The molecule has 1 heterocycles. The summed E-state index contributed by atoms with van der Waals surface area (Å²) in [6, 6.07) is 0.379. The van der Waals surface area contributed by atoms with Crippen LogP contribution in [-0.4, -0.2) is 41.1 Å². The van der Waals surface area contributed by atoms with E-state index < -0.39 is 0 Å². The van der Waals surface area contributed by atoms with Gasteiger partial charge in [-0.15, -0.1) is 0 Å². The topological polar surface area (TPSA) is 47.4 Å². The van der Waals surface area contributed by atoms with Crippen molar-refractivity contribution in [3.05, 3.63) is 18.2 Å². The van der Waals surface area contributed by atoms with Crippen LogP contribution in [0.25, 0.3) is 0 Å². The molecule has 0 atom stereocenters. The lowest BCUT2D eigenvalue weighted by molar-refractivity contribution is -0.141. The number of imidazole rings is 1. The largest absolute Gasteiger partial charge is 0.468 e. The molecule has 0 N–H and O–H groups in total. The van der Waals surface area contributed by atoms with Crippen molar-refractivity contribution < 1.29 is 9.53 Å². The highest BCUT2D eigenvalue weighted by molar-refractivity contribution is 5.71. The van der Waals surface area contributed by atoms with Crippen LogP contribution < -0.4 is 0 Å². The number of methoxy groups -OCH3 is 1. The zero-order chi connectivity index (χ0) is 12.1. The van der Waals surface area contributed by atoms with Gasteiger partial charge < -0.3 is 9.30 Å². The van der Waals surface area contributed by atoms with Crippen molar-refractivity contribution in [1.82, 2.24) is 14.5 Å². The maximum absolute atomic E-state index is 11.1. The first-order valence-electron chi connectivity index (χ1n) is 5.30. The van der Waals surface area contributed by atoms with Crippen molar-refractivity contribution in [2.45, 2.75) is 26.4 Å². The fourth-order valence-corrected chi connectivity index (χ4v) is 1.54. The molecule has 0 saturated heterocycles. The van der Waals surface area contributed by atoms with E-state index in [4.69, 9.17) is 0 Å². The molecule has 0 unspecified atom stereocenters. The molecule has 1 aromatic heterocycles. The standard InChI is InChI=1S/C11H19N3O2/c1-9(2)14-8-12-5-10(14)6-13(3)7-11(15)16-4/h5,8-9H,6-7H2,1-4H3. The van der Waals surface area contributed by atoms with E-state index in [0.29, 0.717) is 19.1 Å². The molecule has 0 aliphatic carbocycles. The highest BCUT2D eigenvalue weighted by Gasteiger charge is 2.10. The molecule has 0 fully saturated rings. The maximum atomic E-state index is 11.1. The first-order valence-corrected chi connectivity index (χ1v) is 5.30. The van der Waals surface area contributed by atoms with Crippen molar-refractivity contribution in [1.29, 1.82) is 0 Å². The van der Waals surface area contributed by atoms with Gasteiger partial charge in [0, 0.05) is 18.8 Å². The van der Waals surface area contributed by atoms with E-state index in [0.717, 1.165) is 5.69 Å². The van der Waals surface area contributed by atoms with Gasteiger partial charge in [0.15, 0.2) is 0 Å². The smallest absolute Gasteiger partial charge is 0.319 e. The number of hydrogen-bond donors (Lipinski definition) is 0. The normalized spacial score (nSPS) is 11.1. The number of ether oxygens (including phenoxy) is 1. The number of likely N-dealkylation sites (N-methyl/N-ethyl adjacent to an activating group) is 1. The molecule has 90 valence electrons. The van der Waals surface area contributed by atoms with Gasteiger partial charge in [0.05, 0.1) is 25.7 Å². The molecule has 1 rings (SSSR count). The quantitative estimate of drug-likeness (QED) is 0.703. The van der Waals surface area contributed by atoms with Crippen LogP contribution in [0.5, 0.6) is 0 Å². The Kier molecular flexibility index (Phi) is 4.49. The van der Waals surface area contributed by atoms with E-state index in [1.165, 1.54) is 7.11 Å². The van der Waals surface area contributed by atoms with E-state index >= 15 is 0 Å². The maximum Gasteiger partial charge on any atom is 0.319 e. The van der Waals surface area contributed by atoms with Crippen LogP contribution >= 0.6 is 0 Å². The van der Waals surface area contributed by atoms with Crippen molar-refractivity contribution in [3.8, 4) is 0 Å². The Morgan fingerprint density at radius 3 is 2.88 bits per heavy atom. The molecular formula is C11H19N3O2. The second kappa shape index (κ2) is 5.65. The average Bonchev–Trinajstić information content (AvgIpc) is 2.65. The van der Waals surface area contributed by atoms with Crippen LogP contribution in [0.3, 0.4) is 0 Å². The van der Waals surface area contributed by atoms with Gasteiger partial charge in [-0.3, -0.25) is 9.69 Å². The molecular weight excluding hydrogens is 206 g/mol. The Morgan fingerprint density at radius 1 is 1.62 bits per heavy atom. The monoisotopic (exact) mass is 225 g/mol. The van der Waals surface area contributed by atoms with Crippen LogP contribution in [-0.2, 0) is 16.1 Å². The van der Waals surface area contributed by atoms with Gasteiger partial charge >= 0.3 is 5.97 Å². The van der Waals surface area contributed by atoms with E-state index in [1.807, 2.05) is 24.5 Å². The number of hydrogen-bond acceptors (Lipinski definition) is 4. The Balaban J connectivity index is 2.59. The highest BCUT2D eigenvalue weighted by atomic mass is 16.5. The highest BCUT2D eigenvalue weighted by Crippen LogP contribution is 2.10. The Bertz CT molecular complexity index is 347. The van der Waals surface area contributed by atoms with Crippen LogP contribution in [0.15, 0.2) is 12.5 Å². The van der Waals surface area contributed by atoms with Crippen molar-refractivity contribution in [3.63, 3.8) is 0 Å². The predicted molar refractivity (Wildman–Crippen MR) is 61.0 cm³/mol. The van der Waals surface area contributed by atoms with E-state index in [2.05, 4.69) is 28.1 Å². The minimum Gasteiger partial charge on any atom is -0.468 e. The van der Waals surface area contributed by atoms with E-state index in [9.17, 15) is 4.79 Å². The molecule has 0 aliphatic heterocycles. The van der Waals surface area contributed by atoms with E-state index in [-0.39, 0.29) is 5.97 Å². The van der Waals surface area contributed by atoms with Crippen molar-refractivity contribution in [2.24, 2.45) is 0 Å². The lowest BCUT2D eigenvalue weighted by Gasteiger charge is -2.17. The molecule has 0 bridgehead atoms. The summed E-state index contributed by atoms with van der Waals surface area (Å²) in [4.78, 5) is 17.1. The first kappa shape index (κ1) is 12.7. The van der Waals surface area contributed by atoms with Crippen LogP contribution in [0.4, 0.5) is 0 Å². The van der Waals surface area contributed by atoms with Crippen molar-refractivity contribution in [2.75, 3.05) is 20.7 Å². The molecule has 1 aromatic rings. The lowest BCUT2D eigenvalue weighted by atomic mass is 10.3. The van der Waals surface area contributed by atoms with Gasteiger partial charge in [0.25, 0.3) is 0 Å². The van der Waals surface area contributed by atoms with Crippen molar-refractivity contribution >= 4 is 5.97 Å². The Morgan fingerprint density at radius 2 is 2.31 bits per heavy atom. The Labute approximate surface area is 96.0 Å². The second-order valence-electron chi connectivity index (χ2n) is 4.13. The third-order valence-electron chi connectivity index (χ3n) is 2.36. The zero-order valence-corrected chi connectivity index (χ0v) is 10.3. The summed E-state index contributed by atoms with van der Waals surface area (Å²) in [5.41, 5.74) is 1.10. The van der Waals surface area contributed by atoms with Gasteiger partial charge in [0.1, 0.15) is 0 Å². The number of carbonyl (C=O) groups excluding carboxylic acids is 1. The average molecular weight is 225 g/mol. The first-order chi connectivity index (χ1) is 7.54. The SMILES string of the molecule is COC(=O)CN(C)Cc1cncn1C(C)C. The second-order valence-corrected chi connectivity index (χ2v) is 4.13. The summed E-state index contributed by atoms with van der Waals surface area (Å²) in [6.45, 7) is 5.18. The molecule has 5 nitrogen and oxygen atoms in total. The number of esters is 1. The van der Waals surface area contributed by atoms with Crippen LogP contribution in [0, 0.1) is 0 Å². The van der Waals surface area contributed by atoms with E-state index in [1.54, 1.807) is 0 Å². The summed E-state index contributed by atoms with van der Waals surface area (Å²) < 4.78 is 6.71. The summed E-state index contributed by atoms with van der Waals surface area (Å²) in [5.74, 6) is -0.224. The fraction of sp³-hybridized carbons (Fsp3) is 0.636. The minimum absolute atomic E-state index is 0.224. The van der Waals surface area contributed by atoms with Crippen LogP contribution in [0.2, 0.25) is 0 Å². The number of carbonyl (C=O) groups is 1. The molecule has 0 amide bonds. The molecule has 0 saturated carbocycles. The summed E-state index contributed by atoms with van der Waals surface area (Å²) >= 11 is 0. The third-order valence-corrected chi connectivity index (χ3v) is 2.36. The Hall–Kier alpha value is -1.36. The number of nitrogens with zero attached hydrogens (tertiary/aromatic N) is 3. The van der Waals surface area contributed by atoms with Gasteiger partial charge in [0.2, 0.25) is 0 Å². The number of aromatic nitrogens is 2. The predicted octanol–water partition coefficient (Wildman–Crippen LogP) is 1.07. The molecule has 16 heavy (non-hydrogen) atoms. The summed E-state index contributed by atoms with van der Waals surface area (Å²) in [7, 11) is 3.28. The minimum atomic E-state index is -0.224. The summed E-state index contributed by atoms with van der Waals surface area (Å²) in [6.07, 6.45) is 3.64. The molecule has 5 heteroatoms. The fourth-order valence-electron chi connectivity index (χ4n) is 1.54. The van der Waals surface area contributed by atoms with Gasteiger partial charge in [-0.1, -0.05) is 0 Å². The zero-order valence-electron chi connectivity index (χ0n) is 10.3. The molecule has 0 spiro atoms. The third kappa shape index (κ3) is 3.34. The van der Waals surface area contributed by atoms with Crippen LogP contribution in [0.1, 0.15) is 25.6 Å². The lowest BCUT2D eigenvalue weighted by Crippen LogP contribution is -2.27.